The van der Waals surface area contributed by atoms with Crippen molar-refractivity contribution in [2.45, 2.75) is 6.54 Å². The summed E-state index contributed by atoms with van der Waals surface area (Å²) in [5, 5.41) is 22.3. The zero-order valence-electron chi connectivity index (χ0n) is 13.2. The second kappa shape index (κ2) is 10.8. The number of nitro benzene ring substituents is 1. The minimum atomic E-state index is -0.408. The second-order valence-corrected chi connectivity index (χ2v) is 5.69. The first-order valence-electron chi connectivity index (χ1n) is 7.14. The van der Waals surface area contributed by atoms with Gasteiger partial charge in [0, 0.05) is 42.8 Å². The Kier molecular flexibility index (Phi) is 9.08. The number of hydrogen-bond donors (Lipinski definition) is 3. The number of halogens is 1. The van der Waals surface area contributed by atoms with E-state index in [0.717, 1.165) is 18.2 Å². The highest BCUT2D eigenvalue weighted by molar-refractivity contribution is 14.0. The van der Waals surface area contributed by atoms with Gasteiger partial charge in [0.25, 0.3) is 5.69 Å². The maximum atomic E-state index is 10.6. The van der Waals surface area contributed by atoms with Gasteiger partial charge < -0.3 is 16.0 Å². The van der Waals surface area contributed by atoms with Crippen molar-refractivity contribution in [2.24, 2.45) is 4.99 Å². The van der Waals surface area contributed by atoms with Crippen LogP contribution in [0.1, 0.15) is 4.88 Å². The first kappa shape index (κ1) is 20.2. The standard InChI is InChI=1S/C15H19N5O2S.HI/c1-16-15(19-11-14-3-2-10-23-14)18-9-8-17-12-4-6-13(7-5-12)20(21)22;/h2-7,10,17H,8-9,11H2,1H3,(H2,16,18,19);1H. The van der Waals surface area contributed by atoms with Crippen molar-refractivity contribution >= 4 is 52.6 Å². The largest absolute Gasteiger partial charge is 0.383 e. The van der Waals surface area contributed by atoms with Gasteiger partial charge in [0.05, 0.1) is 11.5 Å². The molecule has 1 heterocycles. The minimum absolute atomic E-state index is 0. The Balaban J connectivity index is 0.00000288. The Bertz CT molecular complexity index is 646. The van der Waals surface area contributed by atoms with E-state index in [4.69, 9.17) is 0 Å². The molecule has 3 N–H and O–H groups in total. The van der Waals surface area contributed by atoms with Crippen molar-refractivity contribution in [3.8, 4) is 0 Å². The lowest BCUT2D eigenvalue weighted by Crippen LogP contribution is -2.39. The molecule has 0 saturated carbocycles. The van der Waals surface area contributed by atoms with Gasteiger partial charge in [-0.2, -0.15) is 0 Å². The van der Waals surface area contributed by atoms with Crippen LogP contribution in [0.25, 0.3) is 0 Å². The fourth-order valence-corrected chi connectivity index (χ4v) is 2.54. The van der Waals surface area contributed by atoms with Gasteiger partial charge in [0.1, 0.15) is 0 Å². The Morgan fingerprint density at radius 2 is 1.96 bits per heavy atom. The van der Waals surface area contributed by atoms with E-state index in [1.54, 1.807) is 30.5 Å². The molecule has 1 aromatic carbocycles. The Morgan fingerprint density at radius 3 is 2.54 bits per heavy atom. The molecule has 0 atom stereocenters. The van der Waals surface area contributed by atoms with Crippen LogP contribution in [0.3, 0.4) is 0 Å². The Labute approximate surface area is 161 Å². The van der Waals surface area contributed by atoms with Gasteiger partial charge in [-0.25, -0.2) is 0 Å². The molecule has 0 unspecified atom stereocenters. The number of non-ortho nitro benzene ring substituents is 1. The van der Waals surface area contributed by atoms with Crippen LogP contribution >= 0.6 is 35.3 Å². The van der Waals surface area contributed by atoms with E-state index in [0.29, 0.717) is 13.1 Å². The fraction of sp³-hybridized carbons (Fsp3) is 0.267. The summed E-state index contributed by atoms with van der Waals surface area (Å²) >= 11 is 1.70. The third-order valence-corrected chi connectivity index (χ3v) is 3.93. The topological polar surface area (TPSA) is 91.6 Å². The van der Waals surface area contributed by atoms with Gasteiger partial charge in [-0.15, -0.1) is 35.3 Å². The molecule has 7 nitrogen and oxygen atoms in total. The molecule has 130 valence electrons. The lowest BCUT2D eigenvalue weighted by molar-refractivity contribution is -0.384. The monoisotopic (exact) mass is 461 g/mol. The minimum Gasteiger partial charge on any atom is -0.383 e. The van der Waals surface area contributed by atoms with Crippen LogP contribution in [0.5, 0.6) is 0 Å². The SMILES string of the molecule is CN=C(NCCNc1ccc([N+](=O)[O-])cc1)NCc1cccs1.I. The number of rotatable bonds is 7. The number of benzene rings is 1. The molecule has 0 fully saturated rings. The van der Waals surface area contributed by atoms with E-state index in [1.165, 1.54) is 17.0 Å². The van der Waals surface area contributed by atoms with Crippen LogP contribution in [0.15, 0.2) is 46.8 Å². The number of thiophene rings is 1. The fourth-order valence-electron chi connectivity index (χ4n) is 1.89. The van der Waals surface area contributed by atoms with E-state index < -0.39 is 4.92 Å². The first-order chi connectivity index (χ1) is 11.2. The predicted molar refractivity (Wildman–Crippen MR) is 110 cm³/mol. The highest BCUT2D eigenvalue weighted by atomic mass is 127. The first-order valence-corrected chi connectivity index (χ1v) is 8.02. The zero-order chi connectivity index (χ0) is 16.5. The number of nitrogens with zero attached hydrogens (tertiary/aromatic N) is 2. The van der Waals surface area contributed by atoms with Crippen LogP contribution in [0.2, 0.25) is 0 Å². The summed E-state index contributed by atoms with van der Waals surface area (Å²) in [6, 6.07) is 10.5. The van der Waals surface area contributed by atoms with Crippen molar-refractivity contribution in [1.29, 1.82) is 0 Å². The third-order valence-electron chi connectivity index (χ3n) is 3.06. The summed E-state index contributed by atoms with van der Waals surface area (Å²) in [7, 11) is 1.73. The maximum Gasteiger partial charge on any atom is 0.269 e. The van der Waals surface area contributed by atoms with Crippen molar-refractivity contribution in [3.05, 3.63) is 56.8 Å². The third kappa shape index (κ3) is 6.71. The molecule has 0 aliphatic carbocycles. The van der Waals surface area contributed by atoms with Gasteiger partial charge in [0.2, 0.25) is 0 Å². The number of aliphatic imine (C=N–C) groups is 1. The summed E-state index contributed by atoms with van der Waals surface area (Å²) in [4.78, 5) is 15.6. The molecular weight excluding hydrogens is 441 g/mol. The maximum absolute atomic E-state index is 10.6. The molecule has 0 bridgehead atoms. The van der Waals surface area contributed by atoms with Crippen molar-refractivity contribution < 1.29 is 4.92 Å². The summed E-state index contributed by atoms with van der Waals surface area (Å²) in [6.45, 7) is 2.10. The predicted octanol–water partition coefficient (Wildman–Crippen LogP) is 3.05. The normalized spacial score (nSPS) is 10.6. The molecule has 0 aliphatic heterocycles. The summed E-state index contributed by atoms with van der Waals surface area (Å²) in [6.07, 6.45) is 0. The van der Waals surface area contributed by atoms with Crippen LogP contribution in [0, 0.1) is 10.1 Å². The van der Waals surface area contributed by atoms with Gasteiger partial charge in [0.15, 0.2) is 5.96 Å². The van der Waals surface area contributed by atoms with E-state index >= 15 is 0 Å². The Hall–Kier alpha value is -1.88. The molecule has 1 aromatic heterocycles. The summed E-state index contributed by atoms with van der Waals surface area (Å²) in [5.74, 6) is 0.740. The molecule has 0 amide bonds. The van der Waals surface area contributed by atoms with Gasteiger partial charge in [-0.05, 0) is 23.6 Å². The second-order valence-electron chi connectivity index (χ2n) is 4.66. The average molecular weight is 461 g/mol. The highest BCUT2D eigenvalue weighted by Gasteiger charge is 2.03. The number of nitrogens with one attached hydrogen (secondary N) is 3. The van der Waals surface area contributed by atoms with E-state index in [2.05, 4.69) is 27.0 Å². The van der Waals surface area contributed by atoms with Crippen molar-refractivity contribution in [1.82, 2.24) is 10.6 Å². The lowest BCUT2D eigenvalue weighted by Gasteiger charge is -2.12. The quantitative estimate of drug-likeness (QED) is 0.147. The molecule has 2 rings (SSSR count). The van der Waals surface area contributed by atoms with E-state index in [-0.39, 0.29) is 29.7 Å². The molecular formula is C15H20IN5O2S. The zero-order valence-corrected chi connectivity index (χ0v) is 16.3. The van der Waals surface area contributed by atoms with E-state index in [9.17, 15) is 10.1 Å². The highest BCUT2D eigenvalue weighted by Crippen LogP contribution is 2.14. The molecule has 2 aromatic rings. The summed E-state index contributed by atoms with van der Waals surface area (Å²) < 4.78 is 0. The lowest BCUT2D eigenvalue weighted by atomic mass is 10.3. The number of guanidine groups is 1. The molecule has 24 heavy (non-hydrogen) atoms. The van der Waals surface area contributed by atoms with Gasteiger partial charge in [-0.3, -0.25) is 15.1 Å². The molecule has 0 saturated heterocycles. The smallest absolute Gasteiger partial charge is 0.269 e. The van der Waals surface area contributed by atoms with Crippen molar-refractivity contribution in [3.63, 3.8) is 0 Å². The van der Waals surface area contributed by atoms with Crippen LogP contribution < -0.4 is 16.0 Å². The number of hydrogen-bond acceptors (Lipinski definition) is 5. The van der Waals surface area contributed by atoms with Crippen LogP contribution in [-0.2, 0) is 6.54 Å². The molecule has 0 spiro atoms. The number of anilines is 1. The number of nitro groups is 1. The van der Waals surface area contributed by atoms with Gasteiger partial charge >= 0.3 is 0 Å². The molecule has 9 heteroatoms. The molecule has 0 aliphatic rings. The molecule has 0 radical (unpaired) electrons. The van der Waals surface area contributed by atoms with E-state index in [1.807, 2.05) is 11.4 Å². The van der Waals surface area contributed by atoms with Crippen LogP contribution in [0.4, 0.5) is 11.4 Å². The van der Waals surface area contributed by atoms with Crippen molar-refractivity contribution in [2.75, 3.05) is 25.5 Å². The van der Waals surface area contributed by atoms with Gasteiger partial charge in [-0.1, -0.05) is 6.07 Å². The van der Waals surface area contributed by atoms with Crippen LogP contribution in [-0.4, -0.2) is 31.0 Å². The summed E-state index contributed by atoms with van der Waals surface area (Å²) in [5.41, 5.74) is 0.936. The average Bonchev–Trinajstić information content (AvgIpc) is 3.08. The Morgan fingerprint density at radius 1 is 1.21 bits per heavy atom.